The summed E-state index contributed by atoms with van der Waals surface area (Å²) in [6, 6.07) is 21.5. The molecule has 3 aromatic carbocycles. The van der Waals surface area contributed by atoms with E-state index < -0.39 is 5.97 Å². The number of nitrogens with one attached hydrogen (secondary N) is 1. The minimum atomic E-state index is -1.04. The number of thiazole rings is 2. The second-order valence-electron chi connectivity index (χ2n) is 14.7. The van der Waals surface area contributed by atoms with E-state index in [-0.39, 0.29) is 28.5 Å². The number of carbonyl (C=O) groups excluding carboxylic acids is 1. The molecule has 2 saturated carbocycles. The van der Waals surface area contributed by atoms with Crippen LogP contribution in [0.3, 0.4) is 0 Å². The quantitative estimate of drug-likeness (QED) is 0.130. The Bertz CT molecular complexity index is 2090. The van der Waals surface area contributed by atoms with Crippen molar-refractivity contribution in [2.75, 3.05) is 23.4 Å². The largest absolute Gasteiger partial charge is 0.490 e. The molecule has 0 saturated heterocycles. The number of benzene rings is 3. The number of anilines is 2. The predicted molar refractivity (Wildman–Crippen MR) is 202 cm³/mol. The first kappa shape index (κ1) is 33.7. The van der Waals surface area contributed by atoms with Crippen molar-refractivity contribution >= 4 is 55.0 Å². The van der Waals surface area contributed by atoms with Gasteiger partial charge in [0, 0.05) is 28.9 Å². The van der Waals surface area contributed by atoms with Crippen LogP contribution in [0.4, 0.5) is 10.3 Å². The molecule has 9 nitrogen and oxygen atoms in total. The van der Waals surface area contributed by atoms with E-state index in [0.29, 0.717) is 54.3 Å². The van der Waals surface area contributed by atoms with Gasteiger partial charge in [-0.15, -0.1) is 11.3 Å². The molecule has 264 valence electrons. The maximum Gasteiger partial charge on any atom is 0.355 e. The molecular weight excluding hydrogens is 681 g/mol. The van der Waals surface area contributed by atoms with Gasteiger partial charge >= 0.3 is 5.97 Å². The lowest BCUT2D eigenvalue weighted by molar-refractivity contribution is 0.0281. The van der Waals surface area contributed by atoms with Crippen molar-refractivity contribution in [1.82, 2.24) is 9.97 Å². The SMILES string of the molecule is CC1(C)[C@H]2CC[C@]1(C)C(Oc1ccccc1OCCCc1sc(N3CCc4cccc(C(=O)Nc5nc6ccccc6s5)c4C3)nc1C(=O)O)C2. The summed E-state index contributed by atoms with van der Waals surface area (Å²) < 4.78 is 13.9. The highest BCUT2D eigenvalue weighted by molar-refractivity contribution is 7.22. The molecule has 2 N–H and O–H groups in total. The molecule has 51 heavy (non-hydrogen) atoms. The lowest BCUT2D eigenvalue weighted by Gasteiger charge is -2.39. The number of nitrogens with zero attached hydrogens (tertiary/aromatic N) is 3. The van der Waals surface area contributed by atoms with E-state index in [0.717, 1.165) is 50.6 Å². The van der Waals surface area contributed by atoms with E-state index in [9.17, 15) is 14.7 Å². The highest BCUT2D eigenvalue weighted by atomic mass is 32.1. The number of aryl methyl sites for hydroxylation is 1. The third-order valence-corrected chi connectivity index (χ3v) is 14.0. The van der Waals surface area contributed by atoms with Crippen LogP contribution in [-0.2, 0) is 19.4 Å². The van der Waals surface area contributed by atoms with Crippen LogP contribution < -0.4 is 19.7 Å². The van der Waals surface area contributed by atoms with Gasteiger partial charge in [0.2, 0.25) is 0 Å². The molecule has 3 aliphatic rings. The summed E-state index contributed by atoms with van der Waals surface area (Å²) in [4.78, 5) is 37.8. The Hall–Kier alpha value is -4.48. The van der Waals surface area contributed by atoms with E-state index in [1.54, 1.807) is 0 Å². The Balaban J connectivity index is 0.923. The van der Waals surface area contributed by atoms with E-state index in [2.05, 4.69) is 47.0 Å². The highest BCUT2D eigenvalue weighted by Crippen LogP contribution is 2.66. The fourth-order valence-corrected chi connectivity index (χ4v) is 10.4. The number of carboxylic acid groups (broad SMARTS) is 1. The number of rotatable bonds is 11. The van der Waals surface area contributed by atoms with Crippen LogP contribution >= 0.6 is 22.7 Å². The molecule has 5 aromatic rings. The van der Waals surface area contributed by atoms with E-state index in [1.165, 1.54) is 35.5 Å². The number of carbonyl (C=O) groups is 2. The summed E-state index contributed by atoms with van der Waals surface area (Å²) in [5.74, 6) is 0.934. The lowest BCUT2D eigenvalue weighted by atomic mass is 9.70. The van der Waals surface area contributed by atoms with Crippen molar-refractivity contribution in [2.45, 2.75) is 71.9 Å². The summed E-state index contributed by atoms with van der Waals surface area (Å²) in [5.41, 5.74) is 3.96. The molecule has 2 bridgehead atoms. The standard InChI is InChI=1S/C40H42N4O5S2/c1-39(2)25-17-19-40(39,3)33(22-25)49-30-14-6-5-13-29(30)48-21-9-16-32-34(36(46)47)42-38(51-32)44-20-18-24-10-8-11-26(27(24)23-44)35(45)43-37-41-28-12-4-7-15-31(28)50-37/h4-8,10-15,25,33H,9,16-23H2,1-3H3,(H,46,47)(H,41,43,45)/t25-,33?,40+/m0/s1. The average molecular weight is 723 g/mol. The van der Waals surface area contributed by atoms with Crippen LogP contribution in [0.2, 0.25) is 0 Å². The Morgan fingerprint density at radius 1 is 1.00 bits per heavy atom. The first-order chi connectivity index (χ1) is 24.6. The van der Waals surface area contributed by atoms with Crippen molar-refractivity contribution in [1.29, 1.82) is 0 Å². The Morgan fingerprint density at radius 3 is 2.57 bits per heavy atom. The Morgan fingerprint density at radius 2 is 1.80 bits per heavy atom. The van der Waals surface area contributed by atoms with Crippen LogP contribution in [0.5, 0.6) is 11.5 Å². The number of aromatic carboxylic acids is 1. The zero-order chi connectivity index (χ0) is 35.3. The summed E-state index contributed by atoms with van der Waals surface area (Å²) >= 11 is 2.85. The molecule has 3 heterocycles. The molecule has 8 rings (SSSR count). The maximum absolute atomic E-state index is 13.5. The van der Waals surface area contributed by atoms with Gasteiger partial charge in [0.15, 0.2) is 27.5 Å². The van der Waals surface area contributed by atoms with Crippen molar-refractivity contribution in [3.63, 3.8) is 0 Å². The molecule has 1 amide bonds. The molecular formula is C40H42N4O5S2. The highest BCUT2D eigenvalue weighted by Gasteiger charge is 2.62. The smallest absolute Gasteiger partial charge is 0.355 e. The number of hydrogen-bond donors (Lipinski definition) is 2. The van der Waals surface area contributed by atoms with Crippen LogP contribution in [0.25, 0.3) is 10.2 Å². The van der Waals surface area contributed by atoms with Crippen molar-refractivity contribution < 1.29 is 24.2 Å². The van der Waals surface area contributed by atoms with E-state index in [1.807, 2.05) is 60.7 Å². The maximum atomic E-state index is 13.5. The summed E-state index contributed by atoms with van der Waals surface area (Å²) in [6.45, 7) is 8.72. The van der Waals surface area contributed by atoms with E-state index >= 15 is 0 Å². The van der Waals surface area contributed by atoms with Gasteiger partial charge < -0.3 is 19.5 Å². The molecule has 2 aliphatic carbocycles. The first-order valence-electron chi connectivity index (χ1n) is 17.7. The minimum absolute atomic E-state index is 0.0820. The second kappa shape index (κ2) is 13.2. The number of carboxylic acids is 1. The van der Waals surface area contributed by atoms with Crippen molar-refractivity contribution in [3.05, 3.63) is 94.0 Å². The van der Waals surface area contributed by atoms with Gasteiger partial charge in [-0.3, -0.25) is 10.1 Å². The second-order valence-corrected chi connectivity index (χ2v) is 16.8. The molecule has 11 heteroatoms. The van der Waals surface area contributed by atoms with Crippen molar-refractivity contribution in [3.8, 4) is 11.5 Å². The van der Waals surface area contributed by atoms with Gasteiger partial charge in [-0.2, -0.15) is 0 Å². The monoisotopic (exact) mass is 722 g/mol. The summed E-state index contributed by atoms with van der Waals surface area (Å²) in [7, 11) is 0. The lowest BCUT2D eigenvalue weighted by Crippen LogP contribution is -2.38. The molecule has 1 unspecified atom stereocenters. The molecule has 1 aliphatic heterocycles. The predicted octanol–water partition coefficient (Wildman–Crippen LogP) is 8.87. The number of hydrogen-bond acceptors (Lipinski definition) is 9. The topological polar surface area (TPSA) is 114 Å². The summed E-state index contributed by atoms with van der Waals surface area (Å²) in [6.07, 6.45) is 5.58. The van der Waals surface area contributed by atoms with Gasteiger partial charge in [0.1, 0.15) is 6.10 Å². The van der Waals surface area contributed by atoms with Crippen molar-refractivity contribution in [2.24, 2.45) is 16.7 Å². The van der Waals surface area contributed by atoms with Crippen LogP contribution in [-0.4, -0.2) is 46.2 Å². The third kappa shape index (κ3) is 6.14. The number of ether oxygens (including phenoxy) is 2. The molecule has 0 spiro atoms. The van der Waals surface area contributed by atoms with Crippen LogP contribution in [0.1, 0.15) is 83.3 Å². The normalized spacial score (nSPS) is 21.8. The zero-order valence-corrected chi connectivity index (χ0v) is 30.7. The van der Waals surface area contributed by atoms with Crippen LogP contribution in [0, 0.1) is 16.7 Å². The molecule has 2 fully saturated rings. The number of fused-ring (bicyclic) bond motifs is 4. The fourth-order valence-electron chi connectivity index (χ4n) is 8.40. The Labute approximate surface area is 305 Å². The number of amides is 1. The van der Waals surface area contributed by atoms with Gasteiger partial charge in [0.05, 0.1) is 16.8 Å². The molecule has 2 aromatic heterocycles. The molecule has 0 radical (unpaired) electrons. The van der Waals surface area contributed by atoms with E-state index in [4.69, 9.17) is 9.47 Å². The number of para-hydroxylation sites is 3. The van der Waals surface area contributed by atoms with Gasteiger partial charge in [-0.05, 0) is 91.3 Å². The first-order valence-corrected chi connectivity index (χ1v) is 19.4. The van der Waals surface area contributed by atoms with Gasteiger partial charge in [-0.1, -0.05) is 68.5 Å². The minimum Gasteiger partial charge on any atom is -0.490 e. The third-order valence-electron chi connectivity index (χ3n) is 11.8. The molecule has 3 atom stereocenters. The summed E-state index contributed by atoms with van der Waals surface area (Å²) in [5, 5.41) is 14.3. The number of aromatic nitrogens is 2. The zero-order valence-electron chi connectivity index (χ0n) is 29.1. The van der Waals surface area contributed by atoms with Gasteiger partial charge in [-0.25, -0.2) is 14.8 Å². The Kier molecular flexibility index (Phi) is 8.74. The fraction of sp³-hybridized carbons (Fsp3) is 0.400. The van der Waals surface area contributed by atoms with Gasteiger partial charge in [0.25, 0.3) is 5.91 Å². The van der Waals surface area contributed by atoms with Crippen LogP contribution in [0.15, 0.2) is 66.7 Å². The average Bonchev–Trinajstić information content (AvgIpc) is 3.84.